The number of nitriles is 1. The Labute approximate surface area is 191 Å². The van der Waals surface area contributed by atoms with Crippen molar-refractivity contribution in [3.63, 3.8) is 0 Å². The third-order valence-electron chi connectivity index (χ3n) is 6.25. The topological polar surface area (TPSA) is 102 Å². The Morgan fingerprint density at radius 1 is 1.25 bits per heavy atom. The van der Waals surface area contributed by atoms with Gasteiger partial charge in [0, 0.05) is 30.6 Å². The molecule has 1 aromatic heterocycles. The molecule has 0 spiro atoms. The van der Waals surface area contributed by atoms with E-state index in [1.807, 2.05) is 30.5 Å². The number of hydrogen-bond donors (Lipinski definition) is 3. The molecule has 0 bridgehead atoms. The van der Waals surface area contributed by atoms with E-state index in [1.54, 1.807) is 12.6 Å². The van der Waals surface area contributed by atoms with Crippen LogP contribution in [0.3, 0.4) is 0 Å². The van der Waals surface area contributed by atoms with Crippen LogP contribution in [-0.2, 0) is 5.41 Å². The van der Waals surface area contributed by atoms with Gasteiger partial charge in [-0.1, -0.05) is 30.3 Å². The molecule has 3 aromatic rings. The number of benzene rings is 2. The van der Waals surface area contributed by atoms with Crippen molar-refractivity contribution in [3.05, 3.63) is 65.2 Å². The number of fused-ring (bicyclic) bond motifs is 1. The van der Waals surface area contributed by atoms with E-state index in [-0.39, 0.29) is 17.4 Å². The molecule has 32 heavy (non-hydrogen) atoms. The van der Waals surface area contributed by atoms with Gasteiger partial charge in [-0.2, -0.15) is 5.26 Å². The number of nitrogens with one attached hydrogen (secondary N) is 3. The van der Waals surface area contributed by atoms with Gasteiger partial charge >= 0.3 is 0 Å². The number of aromatic nitrogens is 1. The van der Waals surface area contributed by atoms with E-state index < -0.39 is 0 Å². The van der Waals surface area contributed by atoms with Gasteiger partial charge in [-0.05, 0) is 49.4 Å². The van der Waals surface area contributed by atoms with Crippen LogP contribution in [-0.4, -0.2) is 36.5 Å². The first kappa shape index (κ1) is 21.8. The first-order chi connectivity index (χ1) is 15.6. The zero-order valence-corrected chi connectivity index (χ0v) is 18.8. The summed E-state index contributed by atoms with van der Waals surface area (Å²) in [5.74, 6) is 0.436. The Balaban J connectivity index is 1.47. The first-order valence-corrected chi connectivity index (χ1v) is 11.6. The molecule has 4 rings (SSSR count). The maximum atomic E-state index is 13.0. The summed E-state index contributed by atoms with van der Waals surface area (Å²) >= 11 is 1.54. The van der Waals surface area contributed by atoms with E-state index in [0.29, 0.717) is 18.1 Å². The van der Waals surface area contributed by atoms with Gasteiger partial charge in [0.1, 0.15) is 0 Å². The van der Waals surface area contributed by atoms with Crippen LogP contribution >= 0.6 is 11.3 Å². The molecule has 0 unspecified atom stereocenters. The van der Waals surface area contributed by atoms with E-state index in [0.717, 1.165) is 35.9 Å². The van der Waals surface area contributed by atoms with Gasteiger partial charge < -0.3 is 16.0 Å². The van der Waals surface area contributed by atoms with Crippen LogP contribution in [0.25, 0.3) is 10.2 Å². The van der Waals surface area contributed by atoms with Crippen LogP contribution in [0.5, 0.6) is 0 Å². The average molecular weight is 447 g/mol. The number of rotatable bonds is 5. The molecule has 1 aliphatic rings. The van der Waals surface area contributed by atoms with Crippen molar-refractivity contribution in [1.82, 2.24) is 20.9 Å². The van der Waals surface area contributed by atoms with Crippen LogP contribution in [0.15, 0.2) is 59.0 Å². The fraction of sp³-hybridized carbons (Fsp3) is 0.333. The minimum atomic E-state index is -0.129. The molecule has 1 fully saturated rings. The zero-order valence-electron chi connectivity index (χ0n) is 18.0. The van der Waals surface area contributed by atoms with Crippen molar-refractivity contribution in [2.45, 2.75) is 37.1 Å². The van der Waals surface area contributed by atoms with Gasteiger partial charge in [0.2, 0.25) is 12.2 Å². The molecule has 7 nitrogen and oxygen atoms in total. The summed E-state index contributed by atoms with van der Waals surface area (Å²) in [7, 11) is 1.75. The SMILES string of the molecule is CN/C(=N\C#N)N[C@H]1CC[C@](CNC(=O)c2ccc3ncsc3c2)(c2ccccc2)CC1. The quantitative estimate of drug-likeness (QED) is 0.316. The fourth-order valence-electron chi connectivity index (χ4n) is 4.43. The van der Waals surface area contributed by atoms with Gasteiger partial charge in [-0.3, -0.25) is 4.79 Å². The Morgan fingerprint density at radius 2 is 2.03 bits per heavy atom. The van der Waals surface area contributed by atoms with Gasteiger partial charge in [0.25, 0.3) is 5.91 Å². The lowest BCUT2D eigenvalue weighted by Gasteiger charge is -2.41. The van der Waals surface area contributed by atoms with Crippen LogP contribution in [0.4, 0.5) is 0 Å². The molecule has 1 aliphatic carbocycles. The van der Waals surface area contributed by atoms with Gasteiger partial charge in [0.15, 0.2) is 0 Å². The number of aliphatic imine (C=N–C) groups is 1. The molecular formula is C24H26N6OS. The van der Waals surface area contributed by atoms with E-state index in [4.69, 9.17) is 5.26 Å². The second-order valence-electron chi connectivity index (χ2n) is 8.09. The van der Waals surface area contributed by atoms with E-state index in [9.17, 15) is 4.79 Å². The third-order valence-corrected chi connectivity index (χ3v) is 7.04. The molecule has 0 saturated heterocycles. The van der Waals surface area contributed by atoms with Crippen molar-refractivity contribution >= 4 is 33.4 Å². The molecule has 2 aromatic carbocycles. The number of nitrogens with zero attached hydrogens (tertiary/aromatic N) is 3. The van der Waals surface area contributed by atoms with Crippen LogP contribution in [0, 0.1) is 11.5 Å². The van der Waals surface area contributed by atoms with Crippen molar-refractivity contribution in [2.24, 2.45) is 4.99 Å². The molecular weight excluding hydrogens is 420 g/mol. The molecule has 0 radical (unpaired) electrons. The number of guanidine groups is 1. The second-order valence-corrected chi connectivity index (χ2v) is 8.98. The highest BCUT2D eigenvalue weighted by molar-refractivity contribution is 7.16. The number of thiazole rings is 1. The first-order valence-electron chi connectivity index (χ1n) is 10.7. The fourth-order valence-corrected chi connectivity index (χ4v) is 5.14. The van der Waals surface area contributed by atoms with Crippen LogP contribution in [0.2, 0.25) is 0 Å². The molecule has 0 atom stereocenters. The maximum absolute atomic E-state index is 13.0. The van der Waals surface area contributed by atoms with Crippen molar-refractivity contribution < 1.29 is 4.79 Å². The van der Waals surface area contributed by atoms with E-state index in [2.05, 4.69) is 50.2 Å². The van der Waals surface area contributed by atoms with E-state index >= 15 is 0 Å². The Kier molecular flexibility index (Phi) is 6.66. The molecule has 0 aliphatic heterocycles. The lowest BCUT2D eigenvalue weighted by molar-refractivity contribution is 0.0935. The number of hydrogen-bond acceptors (Lipinski definition) is 5. The van der Waals surface area contributed by atoms with Crippen molar-refractivity contribution in [2.75, 3.05) is 13.6 Å². The maximum Gasteiger partial charge on any atom is 0.251 e. The average Bonchev–Trinajstić information content (AvgIpc) is 3.32. The van der Waals surface area contributed by atoms with E-state index in [1.165, 1.54) is 16.9 Å². The summed E-state index contributed by atoms with van der Waals surface area (Å²) in [6.45, 7) is 0.578. The number of carbonyl (C=O) groups is 1. The lowest BCUT2D eigenvalue weighted by atomic mass is 9.68. The normalized spacial score (nSPS) is 21.0. The van der Waals surface area contributed by atoms with Crippen molar-refractivity contribution in [1.29, 1.82) is 5.26 Å². The third kappa shape index (κ3) is 4.73. The minimum absolute atomic E-state index is 0.0607. The molecule has 1 saturated carbocycles. The lowest BCUT2D eigenvalue weighted by Crippen LogP contribution is -2.49. The molecule has 1 heterocycles. The highest BCUT2D eigenvalue weighted by Crippen LogP contribution is 2.39. The Hall–Kier alpha value is -3.44. The molecule has 3 N–H and O–H groups in total. The Morgan fingerprint density at radius 3 is 2.75 bits per heavy atom. The molecule has 1 amide bonds. The number of carbonyl (C=O) groups excluding carboxylic acids is 1. The highest BCUT2D eigenvalue weighted by atomic mass is 32.1. The largest absolute Gasteiger partial charge is 0.359 e. The summed E-state index contributed by atoms with van der Waals surface area (Å²) in [6.07, 6.45) is 5.51. The van der Waals surface area contributed by atoms with Crippen molar-refractivity contribution in [3.8, 4) is 6.19 Å². The standard InChI is InChI=1S/C24H26N6OS/c1-26-23(28-15-25)30-19-9-11-24(12-10-19,18-5-3-2-4-6-18)14-27-22(31)17-7-8-20-21(13-17)32-16-29-20/h2-8,13,16,19H,9-12,14H2,1H3,(H,27,31)(H2,26,28,30)/t19-,24-. The summed E-state index contributed by atoms with van der Waals surface area (Å²) in [5, 5.41) is 18.3. The zero-order chi connectivity index (χ0) is 22.4. The second kappa shape index (κ2) is 9.79. The van der Waals surface area contributed by atoms with Gasteiger partial charge in [0.05, 0.1) is 15.7 Å². The predicted molar refractivity (Wildman–Crippen MR) is 128 cm³/mol. The predicted octanol–water partition coefficient (Wildman–Crippen LogP) is 3.55. The highest BCUT2D eigenvalue weighted by Gasteiger charge is 2.37. The number of amides is 1. The summed E-state index contributed by atoms with van der Waals surface area (Å²) in [5.41, 5.74) is 4.49. The summed E-state index contributed by atoms with van der Waals surface area (Å²) < 4.78 is 1.02. The summed E-state index contributed by atoms with van der Waals surface area (Å²) in [4.78, 5) is 21.0. The minimum Gasteiger partial charge on any atom is -0.359 e. The van der Waals surface area contributed by atoms with Gasteiger partial charge in [-0.15, -0.1) is 16.3 Å². The Bertz CT molecular complexity index is 1140. The smallest absolute Gasteiger partial charge is 0.251 e. The molecule has 8 heteroatoms. The van der Waals surface area contributed by atoms with Crippen LogP contribution < -0.4 is 16.0 Å². The van der Waals surface area contributed by atoms with Gasteiger partial charge in [-0.25, -0.2) is 4.98 Å². The van der Waals surface area contributed by atoms with Crippen LogP contribution in [0.1, 0.15) is 41.6 Å². The summed E-state index contributed by atoms with van der Waals surface area (Å²) in [6, 6.07) is 16.3. The molecule has 164 valence electrons. The monoisotopic (exact) mass is 446 g/mol.